The summed E-state index contributed by atoms with van der Waals surface area (Å²) in [5, 5.41) is 18.0. The van der Waals surface area contributed by atoms with Gasteiger partial charge in [0.1, 0.15) is 5.69 Å². The van der Waals surface area contributed by atoms with Crippen LogP contribution in [0.4, 0.5) is 11.4 Å². The average molecular weight is 381 g/mol. The standard InChI is InChI=1S/C15H17BrN4O3/c1-9(8-19-11(3)14(16)10(2)18-19)15(21)17-12-6-4-5-7-13(12)20(22)23/h4-7,9H,8H2,1-3H3,(H,17,21). The lowest BCUT2D eigenvalue weighted by Gasteiger charge is -2.13. The lowest BCUT2D eigenvalue weighted by molar-refractivity contribution is -0.383. The zero-order chi connectivity index (χ0) is 17.1. The predicted octanol–water partition coefficient (Wildman–Crippen LogP) is 3.45. The van der Waals surface area contributed by atoms with Crippen LogP contribution in [-0.2, 0) is 11.3 Å². The van der Waals surface area contributed by atoms with Gasteiger partial charge in [0, 0.05) is 11.8 Å². The summed E-state index contributed by atoms with van der Waals surface area (Å²) in [5.41, 5.74) is 1.87. The molecule has 122 valence electrons. The number of nitrogens with zero attached hydrogens (tertiary/aromatic N) is 3. The molecule has 2 rings (SSSR count). The number of nitrogens with one attached hydrogen (secondary N) is 1. The topological polar surface area (TPSA) is 90.1 Å². The number of hydrogen-bond acceptors (Lipinski definition) is 4. The van der Waals surface area contributed by atoms with Crippen LogP contribution in [0.2, 0.25) is 0 Å². The first kappa shape index (κ1) is 17.1. The molecule has 1 atom stereocenters. The molecule has 1 N–H and O–H groups in total. The molecule has 8 heteroatoms. The normalized spacial score (nSPS) is 12.0. The number of halogens is 1. The highest BCUT2D eigenvalue weighted by Crippen LogP contribution is 2.24. The quantitative estimate of drug-likeness (QED) is 0.635. The van der Waals surface area contributed by atoms with Crippen molar-refractivity contribution in [2.45, 2.75) is 27.3 Å². The first-order valence-corrected chi connectivity index (χ1v) is 7.84. The van der Waals surface area contributed by atoms with E-state index in [-0.39, 0.29) is 23.2 Å². The number of carbonyl (C=O) groups is 1. The van der Waals surface area contributed by atoms with Gasteiger partial charge in [-0.05, 0) is 35.8 Å². The largest absolute Gasteiger partial charge is 0.320 e. The second-order valence-corrected chi connectivity index (χ2v) is 6.12. The van der Waals surface area contributed by atoms with Gasteiger partial charge in [-0.1, -0.05) is 19.1 Å². The molecule has 1 aromatic carbocycles. The van der Waals surface area contributed by atoms with Gasteiger partial charge in [0.2, 0.25) is 5.91 Å². The molecular weight excluding hydrogens is 364 g/mol. The Morgan fingerprint density at radius 2 is 2.09 bits per heavy atom. The number of aromatic nitrogens is 2. The van der Waals surface area contributed by atoms with Crippen molar-refractivity contribution in [3.05, 3.63) is 50.2 Å². The summed E-state index contributed by atoms with van der Waals surface area (Å²) < 4.78 is 2.67. The van der Waals surface area contributed by atoms with Crippen molar-refractivity contribution in [2.75, 3.05) is 5.32 Å². The smallest absolute Gasteiger partial charge is 0.292 e. The molecule has 1 heterocycles. The maximum atomic E-state index is 12.3. The Morgan fingerprint density at radius 1 is 1.43 bits per heavy atom. The fraction of sp³-hybridized carbons (Fsp3) is 0.333. The van der Waals surface area contributed by atoms with Gasteiger partial charge in [0.05, 0.1) is 27.6 Å². The number of amides is 1. The number of nitro benzene ring substituents is 1. The van der Waals surface area contributed by atoms with E-state index < -0.39 is 4.92 Å². The summed E-state index contributed by atoms with van der Waals surface area (Å²) in [4.78, 5) is 22.8. The molecule has 0 saturated heterocycles. The second-order valence-electron chi connectivity index (χ2n) is 5.33. The van der Waals surface area contributed by atoms with Crippen LogP contribution in [0.25, 0.3) is 0 Å². The number of benzene rings is 1. The maximum Gasteiger partial charge on any atom is 0.292 e. The van der Waals surface area contributed by atoms with E-state index in [1.165, 1.54) is 12.1 Å². The Hall–Kier alpha value is -2.22. The SMILES string of the molecule is Cc1nn(CC(C)C(=O)Nc2ccccc2[N+](=O)[O-])c(C)c1Br. The van der Waals surface area contributed by atoms with Gasteiger partial charge in [-0.25, -0.2) is 0 Å². The van der Waals surface area contributed by atoms with Crippen molar-refractivity contribution in [2.24, 2.45) is 5.92 Å². The molecule has 0 fully saturated rings. The molecule has 0 radical (unpaired) electrons. The first-order chi connectivity index (χ1) is 10.8. The number of nitro groups is 1. The van der Waals surface area contributed by atoms with Gasteiger partial charge >= 0.3 is 0 Å². The van der Waals surface area contributed by atoms with Crippen LogP contribution in [0, 0.1) is 29.9 Å². The minimum Gasteiger partial charge on any atom is -0.320 e. The highest BCUT2D eigenvalue weighted by atomic mass is 79.9. The van der Waals surface area contributed by atoms with E-state index in [1.54, 1.807) is 23.7 Å². The molecule has 1 amide bonds. The van der Waals surface area contributed by atoms with Crippen LogP contribution < -0.4 is 5.32 Å². The van der Waals surface area contributed by atoms with Crippen LogP contribution in [0.3, 0.4) is 0 Å². The van der Waals surface area contributed by atoms with E-state index in [0.717, 1.165) is 15.9 Å². The van der Waals surface area contributed by atoms with Crippen molar-refractivity contribution >= 4 is 33.2 Å². The molecule has 0 bridgehead atoms. The van der Waals surface area contributed by atoms with Gasteiger partial charge < -0.3 is 5.32 Å². The van der Waals surface area contributed by atoms with E-state index in [0.29, 0.717) is 6.54 Å². The van der Waals surface area contributed by atoms with Gasteiger partial charge in [0.25, 0.3) is 5.69 Å². The molecule has 0 saturated carbocycles. The van der Waals surface area contributed by atoms with Crippen LogP contribution in [0.15, 0.2) is 28.7 Å². The van der Waals surface area contributed by atoms with Crippen molar-refractivity contribution in [3.63, 3.8) is 0 Å². The number of rotatable bonds is 5. The molecule has 1 aromatic heterocycles. The Bertz CT molecular complexity index is 757. The van der Waals surface area contributed by atoms with E-state index in [9.17, 15) is 14.9 Å². The van der Waals surface area contributed by atoms with Crippen molar-refractivity contribution in [1.29, 1.82) is 0 Å². The molecule has 7 nitrogen and oxygen atoms in total. The van der Waals surface area contributed by atoms with Gasteiger partial charge in [-0.15, -0.1) is 0 Å². The lowest BCUT2D eigenvalue weighted by atomic mass is 10.1. The summed E-state index contributed by atoms with van der Waals surface area (Å²) in [7, 11) is 0. The highest BCUT2D eigenvalue weighted by molar-refractivity contribution is 9.10. The number of hydrogen-bond donors (Lipinski definition) is 1. The summed E-state index contributed by atoms with van der Waals surface area (Å²) in [6.45, 7) is 5.95. The fourth-order valence-electron chi connectivity index (χ4n) is 2.19. The molecule has 0 aliphatic rings. The van der Waals surface area contributed by atoms with E-state index in [1.807, 2.05) is 13.8 Å². The third-order valence-corrected chi connectivity index (χ3v) is 4.69. The van der Waals surface area contributed by atoms with Crippen LogP contribution in [0.1, 0.15) is 18.3 Å². The summed E-state index contributed by atoms with van der Waals surface area (Å²) >= 11 is 3.45. The summed E-state index contributed by atoms with van der Waals surface area (Å²) in [5.74, 6) is -0.678. The number of para-hydroxylation sites is 2. The van der Waals surface area contributed by atoms with E-state index >= 15 is 0 Å². The van der Waals surface area contributed by atoms with Crippen LogP contribution in [-0.4, -0.2) is 20.6 Å². The zero-order valence-electron chi connectivity index (χ0n) is 13.0. The van der Waals surface area contributed by atoms with Gasteiger partial charge in [0.15, 0.2) is 0 Å². The van der Waals surface area contributed by atoms with Crippen molar-refractivity contribution in [1.82, 2.24) is 9.78 Å². The average Bonchev–Trinajstić information content (AvgIpc) is 2.74. The first-order valence-electron chi connectivity index (χ1n) is 7.05. The Labute approximate surface area is 142 Å². The number of aryl methyl sites for hydroxylation is 1. The van der Waals surface area contributed by atoms with E-state index in [2.05, 4.69) is 26.3 Å². The maximum absolute atomic E-state index is 12.3. The Morgan fingerprint density at radius 3 is 2.65 bits per heavy atom. The molecule has 23 heavy (non-hydrogen) atoms. The third kappa shape index (κ3) is 3.76. The number of carbonyl (C=O) groups excluding carboxylic acids is 1. The minimum atomic E-state index is -0.515. The molecule has 2 aromatic rings. The Balaban J connectivity index is 2.12. The van der Waals surface area contributed by atoms with Crippen molar-refractivity contribution in [3.8, 4) is 0 Å². The van der Waals surface area contributed by atoms with E-state index in [4.69, 9.17) is 0 Å². The zero-order valence-corrected chi connectivity index (χ0v) is 14.6. The second kappa shape index (κ2) is 6.91. The molecule has 0 aliphatic carbocycles. The molecular formula is C15H17BrN4O3. The molecule has 1 unspecified atom stereocenters. The molecule has 0 spiro atoms. The monoisotopic (exact) mass is 380 g/mol. The fourth-order valence-corrected chi connectivity index (χ4v) is 2.47. The van der Waals surface area contributed by atoms with Crippen molar-refractivity contribution < 1.29 is 9.72 Å². The number of anilines is 1. The minimum absolute atomic E-state index is 0.123. The third-order valence-electron chi connectivity index (χ3n) is 3.55. The molecule has 0 aliphatic heterocycles. The van der Waals surface area contributed by atoms with Crippen LogP contribution in [0.5, 0.6) is 0 Å². The highest BCUT2D eigenvalue weighted by Gasteiger charge is 2.20. The predicted molar refractivity (Wildman–Crippen MR) is 90.3 cm³/mol. The summed E-state index contributed by atoms with van der Waals surface area (Å²) in [6.07, 6.45) is 0. The van der Waals surface area contributed by atoms with Gasteiger partial charge in [-0.2, -0.15) is 5.10 Å². The van der Waals surface area contributed by atoms with Crippen LogP contribution >= 0.6 is 15.9 Å². The summed E-state index contributed by atoms with van der Waals surface area (Å²) in [6, 6.07) is 6.08. The lowest BCUT2D eigenvalue weighted by Crippen LogP contribution is -2.25. The Kier molecular flexibility index (Phi) is 5.15. The van der Waals surface area contributed by atoms with Gasteiger partial charge in [-0.3, -0.25) is 19.6 Å².